The van der Waals surface area contributed by atoms with Gasteiger partial charge in [0.15, 0.2) is 0 Å². The molecule has 0 bridgehead atoms. The van der Waals surface area contributed by atoms with E-state index in [9.17, 15) is 0 Å². The molecular formula is C17H19Cl2NO. The molecule has 0 radical (unpaired) electrons. The van der Waals surface area contributed by atoms with Crippen LogP contribution >= 0.6 is 23.2 Å². The minimum atomic E-state index is 0.523. The van der Waals surface area contributed by atoms with Gasteiger partial charge in [-0.05, 0) is 36.2 Å². The second kappa shape index (κ2) is 9.06. The van der Waals surface area contributed by atoms with E-state index < -0.39 is 0 Å². The van der Waals surface area contributed by atoms with Crippen LogP contribution in [0.3, 0.4) is 0 Å². The topological polar surface area (TPSA) is 21.3 Å². The summed E-state index contributed by atoms with van der Waals surface area (Å²) in [5, 5.41) is 4.70. The molecule has 4 heteroatoms. The van der Waals surface area contributed by atoms with Crippen LogP contribution in [-0.4, -0.2) is 13.2 Å². The summed E-state index contributed by atoms with van der Waals surface area (Å²) in [6.45, 7) is 3.06. The number of hydrogen-bond donors (Lipinski definition) is 1. The summed E-state index contributed by atoms with van der Waals surface area (Å²) in [6.07, 6.45) is 0.970. The molecule has 0 atom stereocenters. The molecule has 0 aromatic heterocycles. The van der Waals surface area contributed by atoms with E-state index in [-0.39, 0.29) is 0 Å². The first-order chi connectivity index (χ1) is 10.3. The second-order valence-corrected chi connectivity index (χ2v) is 5.65. The van der Waals surface area contributed by atoms with Crippen molar-refractivity contribution in [2.45, 2.75) is 19.6 Å². The Bertz CT molecular complexity index is 546. The van der Waals surface area contributed by atoms with Gasteiger partial charge in [0.25, 0.3) is 0 Å². The van der Waals surface area contributed by atoms with Crippen LogP contribution < -0.4 is 5.32 Å². The molecule has 112 valence electrons. The van der Waals surface area contributed by atoms with Crippen molar-refractivity contribution in [3.63, 3.8) is 0 Å². The lowest BCUT2D eigenvalue weighted by Gasteiger charge is -2.07. The second-order valence-electron chi connectivity index (χ2n) is 4.80. The number of benzene rings is 2. The third-order valence-corrected chi connectivity index (χ3v) is 3.67. The van der Waals surface area contributed by atoms with Crippen LogP contribution in [0.2, 0.25) is 10.0 Å². The molecule has 0 unspecified atom stereocenters. The molecule has 21 heavy (non-hydrogen) atoms. The smallest absolute Gasteiger partial charge is 0.0731 e. The van der Waals surface area contributed by atoms with Gasteiger partial charge in [-0.3, -0.25) is 0 Å². The average molecular weight is 324 g/mol. The highest BCUT2D eigenvalue weighted by Crippen LogP contribution is 2.21. The lowest BCUT2D eigenvalue weighted by atomic mass is 10.2. The summed E-state index contributed by atoms with van der Waals surface area (Å²) in [7, 11) is 0. The van der Waals surface area contributed by atoms with Gasteiger partial charge in [-0.15, -0.1) is 0 Å². The van der Waals surface area contributed by atoms with Crippen LogP contribution in [0.5, 0.6) is 0 Å². The van der Waals surface area contributed by atoms with Crippen LogP contribution in [-0.2, 0) is 17.9 Å². The quantitative estimate of drug-likeness (QED) is 0.711. The van der Waals surface area contributed by atoms with E-state index in [0.29, 0.717) is 23.3 Å². The molecule has 2 aromatic carbocycles. The van der Waals surface area contributed by atoms with E-state index in [2.05, 4.69) is 29.6 Å². The van der Waals surface area contributed by atoms with E-state index in [1.54, 1.807) is 6.07 Å². The minimum absolute atomic E-state index is 0.523. The molecule has 2 rings (SSSR count). The SMILES string of the molecule is Clc1ccc(COCCCNCc2ccccc2)c(Cl)c1. The Kier molecular flexibility index (Phi) is 7.04. The Labute approximate surface area is 136 Å². The van der Waals surface area contributed by atoms with Crippen molar-refractivity contribution in [1.82, 2.24) is 5.32 Å². The van der Waals surface area contributed by atoms with Gasteiger partial charge in [-0.25, -0.2) is 0 Å². The average Bonchev–Trinajstić information content (AvgIpc) is 2.49. The largest absolute Gasteiger partial charge is 0.377 e. The molecule has 1 N–H and O–H groups in total. The molecule has 0 heterocycles. The fraction of sp³-hybridized carbons (Fsp3) is 0.294. The molecule has 2 nitrogen and oxygen atoms in total. The molecular weight excluding hydrogens is 305 g/mol. The zero-order valence-corrected chi connectivity index (χ0v) is 13.3. The maximum atomic E-state index is 6.08. The molecule has 0 aliphatic carbocycles. The summed E-state index contributed by atoms with van der Waals surface area (Å²) in [4.78, 5) is 0. The van der Waals surface area contributed by atoms with Gasteiger partial charge in [0.05, 0.1) is 6.61 Å². The highest BCUT2D eigenvalue weighted by atomic mass is 35.5. The van der Waals surface area contributed by atoms with Gasteiger partial charge >= 0.3 is 0 Å². The molecule has 0 spiro atoms. The molecule has 0 fully saturated rings. The molecule has 2 aromatic rings. The van der Waals surface area contributed by atoms with E-state index in [4.69, 9.17) is 27.9 Å². The van der Waals surface area contributed by atoms with Gasteiger partial charge in [-0.1, -0.05) is 59.6 Å². The van der Waals surface area contributed by atoms with Gasteiger partial charge in [0.1, 0.15) is 0 Å². The molecule has 0 aliphatic heterocycles. The predicted octanol–water partition coefficient (Wildman–Crippen LogP) is 4.69. The molecule has 0 amide bonds. The first-order valence-electron chi connectivity index (χ1n) is 7.02. The van der Waals surface area contributed by atoms with Crippen LogP contribution in [0.15, 0.2) is 48.5 Å². The Morgan fingerprint density at radius 1 is 1.00 bits per heavy atom. The van der Waals surface area contributed by atoms with Crippen molar-refractivity contribution in [1.29, 1.82) is 0 Å². The van der Waals surface area contributed by atoms with Gasteiger partial charge in [-0.2, -0.15) is 0 Å². The van der Waals surface area contributed by atoms with E-state index >= 15 is 0 Å². The zero-order chi connectivity index (χ0) is 14.9. The Morgan fingerprint density at radius 3 is 2.57 bits per heavy atom. The van der Waals surface area contributed by atoms with Crippen molar-refractivity contribution < 1.29 is 4.74 Å². The molecule has 0 saturated carbocycles. The van der Waals surface area contributed by atoms with Gasteiger partial charge < -0.3 is 10.1 Å². The predicted molar refractivity (Wildman–Crippen MR) is 88.9 cm³/mol. The first kappa shape index (κ1) is 16.3. The lowest BCUT2D eigenvalue weighted by Crippen LogP contribution is -2.16. The van der Waals surface area contributed by atoms with Crippen molar-refractivity contribution >= 4 is 23.2 Å². The van der Waals surface area contributed by atoms with Crippen LogP contribution in [0.25, 0.3) is 0 Å². The minimum Gasteiger partial charge on any atom is -0.377 e. The van der Waals surface area contributed by atoms with Gasteiger partial charge in [0.2, 0.25) is 0 Å². The summed E-state index contributed by atoms with van der Waals surface area (Å²) >= 11 is 11.9. The lowest BCUT2D eigenvalue weighted by molar-refractivity contribution is 0.118. The van der Waals surface area contributed by atoms with E-state index in [0.717, 1.165) is 25.1 Å². The molecule has 0 aliphatic rings. The summed E-state index contributed by atoms with van der Waals surface area (Å²) < 4.78 is 5.63. The number of nitrogens with one attached hydrogen (secondary N) is 1. The van der Waals surface area contributed by atoms with Crippen molar-refractivity contribution in [3.8, 4) is 0 Å². The standard InChI is InChI=1S/C17H19Cl2NO/c18-16-8-7-15(17(19)11-16)13-21-10-4-9-20-12-14-5-2-1-3-6-14/h1-3,5-8,11,20H,4,9-10,12-13H2. The third-order valence-electron chi connectivity index (χ3n) is 3.09. The van der Waals surface area contributed by atoms with Crippen LogP contribution in [0.1, 0.15) is 17.5 Å². The fourth-order valence-corrected chi connectivity index (χ4v) is 2.41. The van der Waals surface area contributed by atoms with E-state index in [1.807, 2.05) is 18.2 Å². The maximum Gasteiger partial charge on any atom is 0.0731 e. The van der Waals surface area contributed by atoms with Crippen molar-refractivity contribution in [3.05, 3.63) is 69.7 Å². The number of hydrogen-bond acceptors (Lipinski definition) is 2. The number of rotatable bonds is 8. The van der Waals surface area contributed by atoms with Crippen LogP contribution in [0, 0.1) is 0 Å². The number of ether oxygens (including phenoxy) is 1. The Balaban J connectivity index is 1.56. The summed E-state index contributed by atoms with van der Waals surface area (Å²) in [5.74, 6) is 0. The normalized spacial score (nSPS) is 10.8. The maximum absolute atomic E-state index is 6.08. The van der Waals surface area contributed by atoms with Gasteiger partial charge in [0, 0.05) is 23.2 Å². The monoisotopic (exact) mass is 323 g/mol. The third kappa shape index (κ3) is 6.06. The Hall–Kier alpha value is -1.06. The summed E-state index contributed by atoms with van der Waals surface area (Å²) in [6, 6.07) is 15.8. The Morgan fingerprint density at radius 2 is 1.81 bits per heavy atom. The molecule has 0 saturated heterocycles. The zero-order valence-electron chi connectivity index (χ0n) is 11.8. The number of halogens is 2. The first-order valence-corrected chi connectivity index (χ1v) is 7.77. The fourth-order valence-electron chi connectivity index (χ4n) is 1.95. The van der Waals surface area contributed by atoms with Crippen molar-refractivity contribution in [2.24, 2.45) is 0 Å². The van der Waals surface area contributed by atoms with E-state index in [1.165, 1.54) is 5.56 Å². The van der Waals surface area contributed by atoms with Crippen LogP contribution in [0.4, 0.5) is 0 Å². The summed E-state index contributed by atoms with van der Waals surface area (Å²) in [5.41, 5.74) is 2.27. The highest BCUT2D eigenvalue weighted by Gasteiger charge is 2.01. The van der Waals surface area contributed by atoms with Crippen molar-refractivity contribution in [2.75, 3.05) is 13.2 Å². The highest BCUT2D eigenvalue weighted by molar-refractivity contribution is 6.35.